The summed E-state index contributed by atoms with van der Waals surface area (Å²) in [7, 11) is 0. The Balaban J connectivity index is 1.98. The summed E-state index contributed by atoms with van der Waals surface area (Å²) >= 11 is 0. The van der Waals surface area contributed by atoms with Gasteiger partial charge in [0.1, 0.15) is 0 Å². The number of aromatic carboxylic acids is 1. The molecule has 2 heteroatoms. The van der Waals surface area contributed by atoms with Crippen LogP contribution in [0.1, 0.15) is 27.0 Å². The van der Waals surface area contributed by atoms with Crippen LogP contribution in [0.4, 0.5) is 0 Å². The summed E-state index contributed by atoms with van der Waals surface area (Å²) in [5.74, 6) is -0.887. The van der Waals surface area contributed by atoms with Gasteiger partial charge in [0.25, 0.3) is 0 Å². The molecule has 0 spiro atoms. The number of rotatable bonds is 4. The molecule has 19 heavy (non-hydrogen) atoms. The summed E-state index contributed by atoms with van der Waals surface area (Å²) < 4.78 is 0. The number of carboxylic acid groups (broad SMARTS) is 1. The van der Waals surface area contributed by atoms with Crippen molar-refractivity contribution < 1.29 is 9.90 Å². The zero-order valence-corrected chi connectivity index (χ0v) is 10.8. The Morgan fingerprint density at radius 3 is 2.26 bits per heavy atom. The molecule has 96 valence electrons. The quantitative estimate of drug-likeness (QED) is 0.894. The molecule has 0 heterocycles. The monoisotopic (exact) mass is 252 g/mol. The molecule has 0 aliphatic carbocycles. The molecule has 0 unspecified atom stereocenters. The van der Waals surface area contributed by atoms with Crippen LogP contribution >= 0.6 is 0 Å². The van der Waals surface area contributed by atoms with Gasteiger partial charge in [0, 0.05) is 0 Å². The molecule has 0 aliphatic rings. The van der Waals surface area contributed by atoms with E-state index in [-0.39, 0.29) is 0 Å². The van der Waals surface area contributed by atoms with Crippen molar-refractivity contribution in [1.82, 2.24) is 0 Å². The third-order valence-corrected chi connectivity index (χ3v) is 2.94. The number of hydrogen-bond acceptors (Lipinski definition) is 1. The molecule has 0 atom stereocenters. The van der Waals surface area contributed by atoms with Crippen LogP contribution < -0.4 is 0 Å². The van der Waals surface area contributed by atoms with Crippen LogP contribution in [0.2, 0.25) is 0 Å². The topological polar surface area (TPSA) is 37.3 Å². The lowest BCUT2D eigenvalue weighted by Crippen LogP contribution is -1.95. The molecule has 2 aromatic rings. The van der Waals surface area contributed by atoms with Gasteiger partial charge in [-0.1, -0.05) is 54.1 Å². The maximum absolute atomic E-state index is 10.7. The average Bonchev–Trinajstić information content (AvgIpc) is 2.41. The number of carboxylic acids is 1. The van der Waals surface area contributed by atoms with Gasteiger partial charge < -0.3 is 5.11 Å². The predicted octanol–water partition coefficient (Wildman–Crippen LogP) is 3.95. The molecule has 2 rings (SSSR count). The Labute approximate surface area is 113 Å². The van der Waals surface area contributed by atoms with Gasteiger partial charge >= 0.3 is 5.97 Å². The summed E-state index contributed by atoms with van der Waals surface area (Å²) in [6.07, 6.45) is 4.96. The molecular formula is C17H16O2. The van der Waals surface area contributed by atoms with Gasteiger partial charge in [-0.15, -0.1) is 0 Å². The minimum atomic E-state index is -0.887. The van der Waals surface area contributed by atoms with E-state index in [0.29, 0.717) is 5.56 Å². The third kappa shape index (κ3) is 3.81. The van der Waals surface area contributed by atoms with E-state index in [1.165, 1.54) is 11.1 Å². The largest absolute Gasteiger partial charge is 0.478 e. The Morgan fingerprint density at radius 1 is 1.05 bits per heavy atom. The van der Waals surface area contributed by atoms with Crippen molar-refractivity contribution in [1.29, 1.82) is 0 Å². The lowest BCUT2D eigenvalue weighted by molar-refractivity contribution is 0.0697. The SMILES string of the molecule is Cc1ccc(/C=C/Cc2ccc(C(=O)O)cc2)cc1. The lowest BCUT2D eigenvalue weighted by Gasteiger charge is -1.98. The van der Waals surface area contributed by atoms with Crippen molar-refractivity contribution >= 4 is 12.0 Å². The summed E-state index contributed by atoms with van der Waals surface area (Å²) in [6.45, 7) is 2.07. The summed E-state index contributed by atoms with van der Waals surface area (Å²) in [5, 5.41) is 8.81. The van der Waals surface area contributed by atoms with Crippen LogP contribution in [-0.2, 0) is 6.42 Å². The van der Waals surface area contributed by atoms with Gasteiger partial charge in [0.2, 0.25) is 0 Å². The molecular weight excluding hydrogens is 236 g/mol. The molecule has 0 saturated carbocycles. The minimum Gasteiger partial charge on any atom is -0.478 e. The van der Waals surface area contributed by atoms with Gasteiger partial charge in [0.15, 0.2) is 0 Å². The number of allylic oxidation sites excluding steroid dienone is 1. The Bertz CT molecular complexity index is 578. The van der Waals surface area contributed by atoms with Crippen molar-refractivity contribution in [3.63, 3.8) is 0 Å². The highest BCUT2D eigenvalue weighted by Gasteiger charge is 2.00. The van der Waals surface area contributed by atoms with E-state index in [1.54, 1.807) is 12.1 Å². The van der Waals surface area contributed by atoms with E-state index in [4.69, 9.17) is 5.11 Å². The first kappa shape index (κ1) is 13.1. The maximum atomic E-state index is 10.7. The zero-order chi connectivity index (χ0) is 13.7. The molecule has 2 aromatic carbocycles. The van der Waals surface area contributed by atoms with Gasteiger partial charge in [0.05, 0.1) is 5.56 Å². The van der Waals surface area contributed by atoms with Crippen molar-refractivity contribution in [3.8, 4) is 0 Å². The third-order valence-electron chi connectivity index (χ3n) is 2.94. The second-order valence-electron chi connectivity index (χ2n) is 4.52. The fraction of sp³-hybridized carbons (Fsp3) is 0.118. The van der Waals surface area contributed by atoms with E-state index in [9.17, 15) is 4.79 Å². The maximum Gasteiger partial charge on any atom is 0.335 e. The number of aryl methyl sites for hydroxylation is 1. The second-order valence-corrected chi connectivity index (χ2v) is 4.52. The molecule has 0 radical (unpaired) electrons. The lowest BCUT2D eigenvalue weighted by atomic mass is 10.1. The van der Waals surface area contributed by atoms with Crippen molar-refractivity contribution in [2.45, 2.75) is 13.3 Å². The summed E-state index contributed by atoms with van der Waals surface area (Å²) in [6, 6.07) is 15.3. The normalized spacial score (nSPS) is 10.8. The molecule has 0 saturated heterocycles. The summed E-state index contributed by atoms with van der Waals surface area (Å²) in [4.78, 5) is 10.7. The first-order valence-electron chi connectivity index (χ1n) is 6.20. The Kier molecular flexibility index (Phi) is 4.14. The summed E-state index contributed by atoms with van der Waals surface area (Å²) in [5.41, 5.74) is 3.86. The van der Waals surface area contributed by atoms with E-state index < -0.39 is 5.97 Å². The smallest absolute Gasteiger partial charge is 0.335 e. The Hall–Kier alpha value is -2.35. The minimum absolute atomic E-state index is 0.325. The van der Waals surface area contributed by atoms with Crippen molar-refractivity contribution in [2.75, 3.05) is 0 Å². The fourth-order valence-corrected chi connectivity index (χ4v) is 1.79. The van der Waals surface area contributed by atoms with Gasteiger partial charge in [-0.3, -0.25) is 0 Å². The molecule has 1 N–H and O–H groups in total. The van der Waals surface area contributed by atoms with Crippen LogP contribution in [0.5, 0.6) is 0 Å². The predicted molar refractivity (Wildman–Crippen MR) is 77.3 cm³/mol. The fourth-order valence-electron chi connectivity index (χ4n) is 1.79. The van der Waals surface area contributed by atoms with Crippen LogP contribution in [0.3, 0.4) is 0 Å². The van der Waals surface area contributed by atoms with E-state index in [0.717, 1.165) is 12.0 Å². The van der Waals surface area contributed by atoms with Gasteiger partial charge in [-0.25, -0.2) is 4.79 Å². The number of benzene rings is 2. The van der Waals surface area contributed by atoms with Gasteiger partial charge in [-0.05, 0) is 36.6 Å². The van der Waals surface area contributed by atoms with Gasteiger partial charge in [-0.2, -0.15) is 0 Å². The average molecular weight is 252 g/mol. The first-order chi connectivity index (χ1) is 9.15. The van der Waals surface area contributed by atoms with Crippen molar-refractivity contribution in [2.24, 2.45) is 0 Å². The second kappa shape index (κ2) is 6.01. The van der Waals surface area contributed by atoms with Crippen LogP contribution in [0, 0.1) is 6.92 Å². The molecule has 0 aliphatic heterocycles. The molecule has 0 amide bonds. The highest BCUT2D eigenvalue weighted by Crippen LogP contribution is 2.08. The molecule has 2 nitrogen and oxygen atoms in total. The number of carbonyl (C=O) groups is 1. The van der Waals surface area contributed by atoms with E-state index >= 15 is 0 Å². The van der Waals surface area contributed by atoms with E-state index in [2.05, 4.69) is 43.3 Å². The molecule has 0 bridgehead atoms. The highest BCUT2D eigenvalue weighted by molar-refractivity contribution is 5.87. The van der Waals surface area contributed by atoms with Crippen LogP contribution in [0.25, 0.3) is 6.08 Å². The molecule has 0 fully saturated rings. The van der Waals surface area contributed by atoms with E-state index in [1.807, 2.05) is 12.1 Å². The highest BCUT2D eigenvalue weighted by atomic mass is 16.4. The standard InChI is InChI=1S/C17H16O2/c1-13-5-7-14(8-6-13)3-2-4-15-9-11-16(12-10-15)17(18)19/h2-3,5-12H,4H2,1H3,(H,18,19)/b3-2+. The Morgan fingerprint density at radius 2 is 1.68 bits per heavy atom. The van der Waals surface area contributed by atoms with Crippen LogP contribution in [0.15, 0.2) is 54.6 Å². The molecule has 0 aromatic heterocycles. The van der Waals surface area contributed by atoms with Crippen LogP contribution in [-0.4, -0.2) is 11.1 Å². The number of hydrogen-bond donors (Lipinski definition) is 1. The van der Waals surface area contributed by atoms with Crippen molar-refractivity contribution in [3.05, 3.63) is 76.9 Å². The zero-order valence-electron chi connectivity index (χ0n) is 10.8. The first-order valence-corrected chi connectivity index (χ1v) is 6.20.